The molecule has 1 aromatic carbocycles. The fraction of sp³-hybridized carbons (Fsp3) is 0.200. The number of halogens is 1. The summed E-state index contributed by atoms with van der Waals surface area (Å²) in [6, 6.07) is 7.21. The first-order valence-corrected chi connectivity index (χ1v) is 7.54. The zero-order valence-corrected chi connectivity index (χ0v) is 13.3. The molecule has 6 heteroatoms. The number of nitrogens with zero attached hydrogens (tertiary/aromatic N) is 1. The van der Waals surface area contributed by atoms with Crippen molar-refractivity contribution in [3.63, 3.8) is 0 Å². The van der Waals surface area contributed by atoms with Crippen molar-refractivity contribution >= 4 is 35.1 Å². The molecule has 1 heterocycles. The van der Waals surface area contributed by atoms with Crippen molar-refractivity contribution < 1.29 is 9.53 Å². The maximum atomic E-state index is 11.9. The highest BCUT2D eigenvalue weighted by atomic mass is 35.5. The molecule has 1 aromatic heterocycles. The molecule has 0 saturated carbocycles. The van der Waals surface area contributed by atoms with Crippen molar-refractivity contribution in [2.24, 2.45) is 5.10 Å². The summed E-state index contributed by atoms with van der Waals surface area (Å²) in [6.45, 7) is 2.00. The molecule has 0 radical (unpaired) electrons. The summed E-state index contributed by atoms with van der Waals surface area (Å²) in [6.07, 6.45) is 1.79. The molecule has 4 nitrogen and oxygen atoms in total. The lowest BCUT2D eigenvalue weighted by atomic mass is 10.1. The van der Waals surface area contributed by atoms with Crippen LogP contribution in [0.4, 0.5) is 0 Å². The monoisotopic (exact) mass is 322 g/mol. The largest absolute Gasteiger partial charge is 0.497 e. The number of carbonyl (C=O) groups excluding carboxylic acids is 1. The van der Waals surface area contributed by atoms with Crippen LogP contribution in [0.5, 0.6) is 5.75 Å². The van der Waals surface area contributed by atoms with E-state index >= 15 is 0 Å². The smallest absolute Gasteiger partial charge is 0.244 e. The van der Waals surface area contributed by atoms with Crippen LogP contribution in [0, 0.1) is 6.92 Å². The van der Waals surface area contributed by atoms with Crippen LogP contribution in [0.1, 0.15) is 16.0 Å². The first kappa shape index (κ1) is 15.5. The average molecular weight is 323 g/mol. The number of methoxy groups -OCH3 is 1. The number of aryl methyl sites for hydroxylation is 1. The van der Waals surface area contributed by atoms with E-state index in [0.717, 1.165) is 10.4 Å². The van der Waals surface area contributed by atoms with Crippen molar-refractivity contribution in [2.75, 3.05) is 7.11 Å². The Bertz CT molecular complexity index is 667. The average Bonchev–Trinajstić information content (AvgIpc) is 2.87. The van der Waals surface area contributed by atoms with Gasteiger partial charge < -0.3 is 4.74 Å². The lowest BCUT2D eigenvalue weighted by molar-refractivity contribution is -0.120. The number of nitrogens with one attached hydrogen (secondary N) is 1. The standard InChI is InChI=1S/C15H15ClN2O2S/c1-10-5-6-21-14(10)9-17-18-15(19)8-11-7-12(20-2)3-4-13(11)16/h3-7,9H,8H2,1-2H3,(H,18,19)/b17-9+. The number of thiophene rings is 1. The van der Waals surface area contributed by atoms with Crippen molar-refractivity contribution in [3.05, 3.63) is 50.7 Å². The van der Waals surface area contributed by atoms with Crippen LogP contribution in [-0.2, 0) is 11.2 Å². The minimum atomic E-state index is -0.226. The highest BCUT2D eigenvalue weighted by molar-refractivity contribution is 7.11. The lowest BCUT2D eigenvalue weighted by Gasteiger charge is -2.06. The highest BCUT2D eigenvalue weighted by Crippen LogP contribution is 2.22. The summed E-state index contributed by atoms with van der Waals surface area (Å²) >= 11 is 7.64. The van der Waals surface area contributed by atoms with Gasteiger partial charge in [0, 0.05) is 9.90 Å². The third-order valence-corrected chi connectivity index (χ3v) is 4.20. The quantitative estimate of drug-likeness (QED) is 0.677. The molecule has 1 N–H and O–H groups in total. The van der Waals surface area contributed by atoms with Gasteiger partial charge in [-0.2, -0.15) is 5.10 Å². The van der Waals surface area contributed by atoms with E-state index in [9.17, 15) is 4.79 Å². The summed E-state index contributed by atoms with van der Waals surface area (Å²) in [5.41, 5.74) is 4.34. The van der Waals surface area contributed by atoms with Crippen molar-refractivity contribution in [1.82, 2.24) is 5.43 Å². The fourth-order valence-electron chi connectivity index (χ4n) is 1.71. The first-order valence-electron chi connectivity index (χ1n) is 6.28. The molecule has 0 fully saturated rings. The Labute approximate surface area is 132 Å². The number of benzene rings is 1. The van der Waals surface area contributed by atoms with Gasteiger partial charge in [-0.3, -0.25) is 4.79 Å². The Hall–Kier alpha value is -1.85. The molecule has 0 aliphatic rings. The van der Waals surface area contributed by atoms with E-state index in [1.165, 1.54) is 0 Å². The van der Waals surface area contributed by atoms with Gasteiger partial charge in [0.15, 0.2) is 0 Å². The number of rotatable bonds is 5. The van der Waals surface area contributed by atoms with Crippen LogP contribution in [0.15, 0.2) is 34.7 Å². The van der Waals surface area contributed by atoms with E-state index in [0.29, 0.717) is 16.3 Å². The van der Waals surface area contributed by atoms with E-state index in [-0.39, 0.29) is 12.3 Å². The van der Waals surface area contributed by atoms with Gasteiger partial charge in [0.2, 0.25) is 5.91 Å². The van der Waals surface area contributed by atoms with Crippen LogP contribution >= 0.6 is 22.9 Å². The second-order valence-corrected chi connectivity index (χ2v) is 5.75. The van der Waals surface area contributed by atoms with Gasteiger partial charge >= 0.3 is 0 Å². The van der Waals surface area contributed by atoms with E-state index in [4.69, 9.17) is 16.3 Å². The van der Waals surface area contributed by atoms with Crippen molar-refractivity contribution in [1.29, 1.82) is 0 Å². The lowest BCUT2D eigenvalue weighted by Crippen LogP contribution is -2.20. The number of hydrogen-bond donors (Lipinski definition) is 1. The number of amides is 1. The summed E-state index contributed by atoms with van der Waals surface area (Å²) in [5, 5.41) is 6.47. The van der Waals surface area contributed by atoms with Crippen LogP contribution in [0.3, 0.4) is 0 Å². The summed E-state index contributed by atoms with van der Waals surface area (Å²) < 4.78 is 5.12. The first-order chi connectivity index (χ1) is 10.1. The molecular weight excluding hydrogens is 308 g/mol. The molecule has 0 saturated heterocycles. The van der Waals surface area contributed by atoms with Crippen LogP contribution in [0.25, 0.3) is 0 Å². The summed E-state index contributed by atoms with van der Waals surface area (Å²) in [4.78, 5) is 12.9. The molecule has 0 aliphatic heterocycles. The Morgan fingerprint density at radius 1 is 1.48 bits per heavy atom. The maximum Gasteiger partial charge on any atom is 0.244 e. The van der Waals surface area contributed by atoms with Crippen LogP contribution in [-0.4, -0.2) is 19.2 Å². The molecule has 0 aliphatic carbocycles. The molecule has 21 heavy (non-hydrogen) atoms. The van der Waals surface area contributed by atoms with Gasteiger partial charge in [0.1, 0.15) is 5.75 Å². The molecule has 2 rings (SSSR count). The van der Waals surface area contributed by atoms with E-state index in [1.54, 1.807) is 42.9 Å². The molecule has 1 amide bonds. The van der Waals surface area contributed by atoms with Crippen molar-refractivity contribution in [2.45, 2.75) is 13.3 Å². The molecular formula is C15H15ClN2O2S. The summed E-state index contributed by atoms with van der Waals surface area (Å²) in [7, 11) is 1.57. The number of ether oxygens (including phenoxy) is 1. The third kappa shape index (κ3) is 4.31. The predicted molar refractivity (Wildman–Crippen MR) is 86.5 cm³/mol. The molecule has 0 spiro atoms. The molecule has 0 unspecified atom stereocenters. The summed E-state index contributed by atoms with van der Waals surface area (Å²) in [5.74, 6) is 0.440. The number of carbonyl (C=O) groups is 1. The second-order valence-electron chi connectivity index (χ2n) is 4.40. The third-order valence-electron chi connectivity index (χ3n) is 2.88. The van der Waals surface area contributed by atoms with Crippen LogP contribution in [0.2, 0.25) is 5.02 Å². The van der Waals surface area contributed by atoms with E-state index in [1.807, 2.05) is 18.4 Å². The zero-order valence-electron chi connectivity index (χ0n) is 11.7. The van der Waals surface area contributed by atoms with Crippen LogP contribution < -0.4 is 10.2 Å². The Morgan fingerprint density at radius 2 is 2.29 bits per heavy atom. The predicted octanol–water partition coefficient (Wildman–Crippen LogP) is 3.41. The normalized spacial score (nSPS) is 10.8. The topological polar surface area (TPSA) is 50.7 Å². The Balaban J connectivity index is 1.96. The fourth-order valence-corrected chi connectivity index (χ4v) is 2.68. The molecule has 0 atom stereocenters. The van der Waals surface area contributed by atoms with Gasteiger partial charge in [-0.05, 0) is 47.7 Å². The molecule has 2 aromatic rings. The van der Waals surface area contributed by atoms with Gasteiger partial charge in [-0.25, -0.2) is 5.43 Å². The minimum absolute atomic E-state index is 0.150. The van der Waals surface area contributed by atoms with Gasteiger partial charge in [0.05, 0.1) is 19.7 Å². The molecule has 110 valence electrons. The van der Waals surface area contributed by atoms with Gasteiger partial charge in [-0.1, -0.05) is 11.6 Å². The maximum absolute atomic E-state index is 11.9. The number of hydrazone groups is 1. The van der Waals surface area contributed by atoms with Gasteiger partial charge in [-0.15, -0.1) is 11.3 Å². The Morgan fingerprint density at radius 3 is 2.95 bits per heavy atom. The van der Waals surface area contributed by atoms with E-state index in [2.05, 4.69) is 10.5 Å². The van der Waals surface area contributed by atoms with Crippen molar-refractivity contribution in [3.8, 4) is 5.75 Å². The Kier molecular flexibility index (Phi) is 5.36. The highest BCUT2D eigenvalue weighted by Gasteiger charge is 2.08. The second kappa shape index (κ2) is 7.24. The van der Waals surface area contributed by atoms with Gasteiger partial charge in [0.25, 0.3) is 0 Å². The number of hydrogen-bond acceptors (Lipinski definition) is 4. The zero-order chi connectivity index (χ0) is 15.2. The molecule has 0 bridgehead atoms. The minimum Gasteiger partial charge on any atom is -0.497 e. The SMILES string of the molecule is COc1ccc(Cl)c(CC(=O)N/N=C/c2sccc2C)c1. The van der Waals surface area contributed by atoms with E-state index < -0.39 is 0 Å².